The average Bonchev–Trinajstić information content (AvgIpc) is 2.38. The molecule has 0 fully saturated rings. The van der Waals surface area contributed by atoms with Gasteiger partial charge in [-0.2, -0.15) is 0 Å². The molecule has 1 aromatic carbocycles. The van der Waals surface area contributed by atoms with Crippen LogP contribution >= 0.6 is 0 Å². The van der Waals surface area contributed by atoms with E-state index in [0.29, 0.717) is 5.69 Å². The molecule has 0 aromatic heterocycles. The number of urea groups is 2. The molecule has 110 valence electrons. The van der Waals surface area contributed by atoms with Crippen molar-refractivity contribution in [2.75, 3.05) is 5.32 Å². The van der Waals surface area contributed by atoms with E-state index in [1.807, 2.05) is 32.9 Å². The Morgan fingerprint density at radius 2 is 1.75 bits per heavy atom. The zero-order chi connectivity index (χ0) is 15.1. The highest BCUT2D eigenvalue weighted by Gasteiger charge is 2.10. The molecule has 0 saturated heterocycles. The van der Waals surface area contributed by atoms with Crippen LogP contribution in [0.15, 0.2) is 24.3 Å². The first-order chi connectivity index (χ1) is 9.42. The standard InChI is InChI=1S/C14H22N4O2/c1-4-9(2)16-14(20)17-10(3)11-5-7-12(8-6-11)18-13(15)19/h5-10H,4H2,1-3H3,(H3,15,18,19)(H2,16,17,20). The van der Waals surface area contributed by atoms with E-state index in [1.165, 1.54) is 0 Å². The topological polar surface area (TPSA) is 96.2 Å². The second-order valence-corrected chi connectivity index (χ2v) is 4.76. The van der Waals surface area contributed by atoms with E-state index in [1.54, 1.807) is 12.1 Å². The summed E-state index contributed by atoms with van der Waals surface area (Å²) in [6, 6.07) is 6.38. The monoisotopic (exact) mass is 278 g/mol. The molecule has 2 unspecified atom stereocenters. The van der Waals surface area contributed by atoms with Crippen molar-refractivity contribution < 1.29 is 9.59 Å². The predicted molar refractivity (Wildman–Crippen MR) is 79.5 cm³/mol. The summed E-state index contributed by atoms with van der Waals surface area (Å²) in [6.07, 6.45) is 0.884. The minimum Gasteiger partial charge on any atom is -0.351 e. The number of rotatable bonds is 5. The van der Waals surface area contributed by atoms with Crippen LogP contribution in [0.2, 0.25) is 0 Å². The number of carbonyl (C=O) groups excluding carboxylic acids is 2. The molecule has 0 saturated carbocycles. The Morgan fingerprint density at radius 3 is 2.25 bits per heavy atom. The lowest BCUT2D eigenvalue weighted by Gasteiger charge is -2.18. The average molecular weight is 278 g/mol. The molecule has 0 aliphatic carbocycles. The third-order valence-electron chi connectivity index (χ3n) is 3.02. The van der Waals surface area contributed by atoms with Crippen LogP contribution < -0.4 is 21.7 Å². The quantitative estimate of drug-likeness (QED) is 0.665. The summed E-state index contributed by atoms with van der Waals surface area (Å²) in [5, 5.41) is 8.19. The number of carbonyl (C=O) groups is 2. The normalized spacial score (nSPS) is 13.2. The van der Waals surface area contributed by atoms with E-state index in [9.17, 15) is 9.59 Å². The molecule has 0 bridgehead atoms. The maximum Gasteiger partial charge on any atom is 0.316 e. The first-order valence-corrected chi connectivity index (χ1v) is 6.65. The molecule has 5 N–H and O–H groups in total. The summed E-state index contributed by atoms with van der Waals surface area (Å²) < 4.78 is 0. The number of primary amides is 1. The predicted octanol–water partition coefficient (Wildman–Crippen LogP) is 2.34. The molecule has 0 aliphatic rings. The summed E-state index contributed by atoms with van der Waals surface area (Å²) in [4.78, 5) is 22.4. The molecule has 2 atom stereocenters. The molecular weight excluding hydrogens is 256 g/mol. The molecule has 0 radical (unpaired) electrons. The van der Waals surface area contributed by atoms with Gasteiger partial charge in [-0.05, 0) is 38.0 Å². The fraction of sp³-hybridized carbons (Fsp3) is 0.429. The molecule has 6 nitrogen and oxygen atoms in total. The Hall–Kier alpha value is -2.24. The van der Waals surface area contributed by atoms with Crippen LogP contribution in [0.25, 0.3) is 0 Å². The van der Waals surface area contributed by atoms with E-state index in [2.05, 4.69) is 16.0 Å². The van der Waals surface area contributed by atoms with Gasteiger partial charge < -0.3 is 21.7 Å². The summed E-state index contributed by atoms with van der Waals surface area (Å²) >= 11 is 0. The lowest BCUT2D eigenvalue weighted by atomic mass is 10.1. The van der Waals surface area contributed by atoms with Gasteiger partial charge in [0.25, 0.3) is 0 Å². The van der Waals surface area contributed by atoms with Crippen molar-refractivity contribution in [1.29, 1.82) is 0 Å². The molecule has 1 aromatic rings. The van der Waals surface area contributed by atoms with Crippen molar-refractivity contribution in [2.24, 2.45) is 5.73 Å². The van der Waals surface area contributed by atoms with Gasteiger partial charge in [-0.1, -0.05) is 19.1 Å². The fourth-order valence-electron chi connectivity index (χ4n) is 1.64. The Labute approximate surface area is 119 Å². The lowest BCUT2D eigenvalue weighted by molar-refractivity contribution is 0.234. The Balaban J connectivity index is 2.57. The van der Waals surface area contributed by atoms with Gasteiger partial charge in [-0.25, -0.2) is 9.59 Å². The minimum atomic E-state index is -0.600. The maximum absolute atomic E-state index is 11.7. The van der Waals surface area contributed by atoms with Crippen LogP contribution in [0.1, 0.15) is 38.8 Å². The number of nitrogens with two attached hydrogens (primary N) is 1. The molecule has 0 aliphatic heterocycles. The second kappa shape index (κ2) is 7.37. The van der Waals surface area contributed by atoms with E-state index in [0.717, 1.165) is 12.0 Å². The van der Waals surface area contributed by atoms with E-state index < -0.39 is 6.03 Å². The Kier molecular flexibility index (Phi) is 5.83. The van der Waals surface area contributed by atoms with E-state index in [-0.39, 0.29) is 18.1 Å². The summed E-state index contributed by atoms with van der Waals surface area (Å²) in [6.45, 7) is 5.86. The van der Waals surface area contributed by atoms with Crippen molar-refractivity contribution in [3.8, 4) is 0 Å². The highest BCUT2D eigenvalue weighted by atomic mass is 16.2. The fourth-order valence-corrected chi connectivity index (χ4v) is 1.64. The molecule has 0 heterocycles. The van der Waals surface area contributed by atoms with Crippen molar-refractivity contribution in [3.63, 3.8) is 0 Å². The van der Waals surface area contributed by atoms with Gasteiger partial charge in [0.15, 0.2) is 0 Å². The highest BCUT2D eigenvalue weighted by molar-refractivity contribution is 5.87. The van der Waals surface area contributed by atoms with Crippen LogP contribution in [-0.2, 0) is 0 Å². The molecular formula is C14H22N4O2. The lowest BCUT2D eigenvalue weighted by Crippen LogP contribution is -2.41. The summed E-state index contributed by atoms with van der Waals surface area (Å²) in [5.74, 6) is 0. The van der Waals surface area contributed by atoms with Gasteiger partial charge in [0.1, 0.15) is 0 Å². The van der Waals surface area contributed by atoms with E-state index >= 15 is 0 Å². The van der Waals surface area contributed by atoms with Gasteiger partial charge in [0, 0.05) is 11.7 Å². The number of amides is 4. The molecule has 1 rings (SSSR count). The van der Waals surface area contributed by atoms with Crippen molar-refractivity contribution in [2.45, 2.75) is 39.3 Å². The number of hydrogen-bond donors (Lipinski definition) is 4. The highest BCUT2D eigenvalue weighted by Crippen LogP contribution is 2.15. The van der Waals surface area contributed by atoms with Gasteiger partial charge in [-0.15, -0.1) is 0 Å². The first kappa shape index (κ1) is 15.8. The summed E-state index contributed by atoms with van der Waals surface area (Å²) in [5.41, 5.74) is 6.60. The number of anilines is 1. The maximum atomic E-state index is 11.7. The summed E-state index contributed by atoms with van der Waals surface area (Å²) in [7, 11) is 0. The Bertz CT molecular complexity index is 459. The van der Waals surface area contributed by atoms with Crippen LogP contribution in [0, 0.1) is 0 Å². The first-order valence-electron chi connectivity index (χ1n) is 6.65. The van der Waals surface area contributed by atoms with Crippen LogP contribution in [-0.4, -0.2) is 18.1 Å². The molecule has 4 amide bonds. The molecule has 0 spiro atoms. The van der Waals surface area contributed by atoms with Crippen LogP contribution in [0.4, 0.5) is 15.3 Å². The minimum absolute atomic E-state index is 0.123. The zero-order valence-corrected chi connectivity index (χ0v) is 12.1. The SMILES string of the molecule is CCC(C)NC(=O)NC(C)c1ccc(NC(N)=O)cc1. The zero-order valence-electron chi connectivity index (χ0n) is 12.1. The molecule has 20 heavy (non-hydrogen) atoms. The van der Waals surface area contributed by atoms with Crippen LogP contribution in [0.5, 0.6) is 0 Å². The number of benzene rings is 1. The smallest absolute Gasteiger partial charge is 0.316 e. The number of nitrogens with one attached hydrogen (secondary N) is 3. The third kappa shape index (κ3) is 5.17. The van der Waals surface area contributed by atoms with Crippen molar-refractivity contribution >= 4 is 17.7 Å². The Morgan fingerprint density at radius 1 is 1.15 bits per heavy atom. The van der Waals surface area contributed by atoms with Gasteiger partial charge in [0.2, 0.25) is 0 Å². The van der Waals surface area contributed by atoms with Gasteiger partial charge >= 0.3 is 12.1 Å². The van der Waals surface area contributed by atoms with E-state index in [4.69, 9.17) is 5.73 Å². The largest absolute Gasteiger partial charge is 0.351 e. The van der Waals surface area contributed by atoms with Crippen molar-refractivity contribution in [1.82, 2.24) is 10.6 Å². The van der Waals surface area contributed by atoms with Crippen LogP contribution in [0.3, 0.4) is 0 Å². The number of hydrogen-bond acceptors (Lipinski definition) is 2. The third-order valence-corrected chi connectivity index (χ3v) is 3.02. The molecule has 6 heteroatoms. The van der Waals surface area contributed by atoms with Gasteiger partial charge in [-0.3, -0.25) is 0 Å². The van der Waals surface area contributed by atoms with Gasteiger partial charge in [0.05, 0.1) is 6.04 Å². The van der Waals surface area contributed by atoms with Crippen molar-refractivity contribution in [3.05, 3.63) is 29.8 Å². The second-order valence-electron chi connectivity index (χ2n) is 4.76.